The number of hydrogen-bond acceptors (Lipinski definition) is 8. The maximum Gasteiger partial charge on any atom is 0.409 e. The molecule has 0 radical (unpaired) electrons. The fraction of sp³-hybridized carbons (Fsp3) is 0.353. The molecule has 1 fully saturated rings. The summed E-state index contributed by atoms with van der Waals surface area (Å²) in [6, 6.07) is 7.22. The number of carbonyl (C=O) groups excluding carboxylic acids is 1. The number of nitrogens with zero attached hydrogens (tertiary/aromatic N) is 5. The molecule has 148 valence electrons. The van der Waals surface area contributed by atoms with Gasteiger partial charge in [0, 0.05) is 36.3 Å². The van der Waals surface area contributed by atoms with Crippen molar-refractivity contribution in [2.75, 3.05) is 43.0 Å². The molecule has 0 saturated carbocycles. The quantitative estimate of drug-likeness (QED) is 0.545. The second kappa shape index (κ2) is 8.83. The van der Waals surface area contributed by atoms with Crippen LogP contribution >= 0.6 is 15.9 Å². The number of anilines is 3. The zero-order chi connectivity index (χ0) is 20.1. The fourth-order valence-electron chi connectivity index (χ4n) is 2.85. The van der Waals surface area contributed by atoms with E-state index in [0.717, 1.165) is 4.47 Å². The summed E-state index contributed by atoms with van der Waals surface area (Å²) in [5, 5.41) is 14.7. The lowest BCUT2D eigenvalue weighted by Crippen LogP contribution is -2.49. The third-order valence-corrected chi connectivity index (χ3v) is 4.73. The molecule has 1 N–H and O–H groups in total. The van der Waals surface area contributed by atoms with Gasteiger partial charge >= 0.3 is 11.8 Å². The first-order chi connectivity index (χ1) is 13.5. The Hall–Kier alpha value is -2.95. The number of aromatic nitrogens is 2. The number of amides is 1. The molecule has 0 bridgehead atoms. The Bertz CT molecular complexity index is 855. The Morgan fingerprint density at radius 3 is 2.54 bits per heavy atom. The first kappa shape index (κ1) is 19.8. The number of piperazine rings is 1. The minimum atomic E-state index is -0.492. The second-order valence-corrected chi connectivity index (χ2v) is 6.87. The SMILES string of the molecule is CCOC(=O)N1CCN(c2ncnc(Nc3ccc(Br)cc3)c2[N+](=O)[O-])CC1. The maximum atomic E-state index is 11.8. The Kier molecular flexibility index (Phi) is 6.24. The van der Waals surface area contributed by atoms with E-state index in [2.05, 4.69) is 31.2 Å². The third kappa shape index (κ3) is 4.47. The van der Waals surface area contributed by atoms with Gasteiger partial charge in [0.1, 0.15) is 6.33 Å². The van der Waals surface area contributed by atoms with Crippen molar-refractivity contribution in [3.63, 3.8) is 0 Å². The number of nitrogens with one attached hydrogen (secondary N) is 1. The lowest BCUT2D eigenvalue weighted by Gasteiger charge is -2.34. The lowest BCUT2D eigenvalue weighted by molar-refractivity contribution is -0.383. The molecule has 28 heavy (non-hydrogen) atoms. The molecule has 1 aliphatic heterocycles. The zero-order valence-corrected chi connectivity index (χ0v) is 16.8. The monoisotopic (exact) mass is 450 g/mol. The number of carbonyl (C=O) groups is 1. The molecule has 1 saturated heterocycles. The van der Waals surface area contributed by atoms with Gasteiger partial charge in [0.2, 0.25) is 11.6 Å². The molecular weight excluding hydrogens is 432 g/mol. The summed E-state index contributed by atoms with van der Waals surface area (Å²) < 4.78 is 5.90. The van der Waals surface area contributed by atoms with E-state index in [-0.39, 0.29) is 23.4 Å². The number of halogens is 1. The van der Waals surface area contributed by atoms with Gasteiger partial charge in [-0.05, 0) is 31.2 Å². The van der Waals surface area contributed by atoms with Crippen molar-refractivity contribution in [3.8, 4) is 0 Å². The normalized spacial score (nSPS) is 13.9. The predicted molar refractivity (Wildman–Crippen MR) is 107 cm³/mol. The molecule has 2 aromatic rings. The highest BCUT2D eigenvalue weighted by Gasteiger charge is 2.30. The lowest BCUT2D eigenvalue weighted by atomic mass is 10.3. The predicted octanol–water partition coefficient (Wildman–Crippen LogP) is 3.17. The summed E-state index contributed by atoms with van der Waals surface area (Å²) in [6.45, 7) is 3.67. The van der Waals surface area contributed by atoms with Gasteiger partial charge in [-0.25, -0.2) is 14.8 Å². The summed E-state index contributed by atoms with van der Waals surface area (Å²) in [6.07, 6.45) is 0.915. The maximum absolute atomic E-state index is 11.8. The van der Waals surface area contributed by atoms with Crippen LogP contribution in [0, 0.1) is 10.1 Å². The first-order valence-electron chi connectivity index (χ1n) is 8.68. The molecule has 1 aromatic heterocycles. The highest BCUT2D eigenvalue weighted by molar-refractivity contribution is 9.10. The molecule has 1 aromatic carbocycles. The third-order valence-electron chi connectivity index (χ3n) is 4.20. The van der Waals surface area contributed by atoms with Crippen LogP contribution < -0.4 is 10.2 Å². The van der Waals surface area contributed by atoms with Gasteiger partial charge in [0.05, 0.1) is 11.5 Å². The Balaban J connectivity index is 1.81. The molecule has 0 atom stereocenters. The van der Waals surface area contributed by atoms with Gasteiger partial charge in [0.25, 0.3) is 0 Å². The summed E-state index contributed by atoms with van der Waals surface area (Å²) >= 11 is 3.35. The minimum absolute atomic E-state index is 0.116. The number of nitro groups is 1. The van der Waals surface area contributed by atoms with Crippen LogP contribution in [0.5, 0.6) is 0 Å². The van der Waals surface area contributed by atoms with E-state index in [1.807, 2.05) is 12.1 Å². The van der Waals surface area contributed by atoms with E-state index >= 15 is 0 Å². The molecule has 1 aliphatic rings. The summed E-state index contributed by atoms with van der Waals surface area (Å²) in [4.78, 5) is 34.6. The molecule has 11 heteroatoms. The summed E-state index contributed by atoms with van der Waals surface area (Å²) in [5.74, 6) is 0.341. The molecule has 3 rings (SSSR count). The van der Waals surface area contributed by atoms with E-state index < -0.39 is 4.92 Å². The highest BCUT2D eigenvalue weighted by Crippen LogP contribution is 2.34. The number of hydrogen-bond donors (Lipinski definition) is 1. The molecule has 0 aliphatic carbocycles. The van der Waals surface area contributed by atoms with Crippen LogP contribution in [0.1, 0.15) is 6.92 Å². The van der Waals surface area contributed by atoms with E-state index in [9.17, 15) is 14.9 Å². The Labute approximate surface area is 169 Å². The number of ether oxygens (including phenoxy) is 1. The highest BCUT2D eigenvalue weighted by atomic mass is 79.9. The molecular formula is C17H19BrN6O4. The van der Waals surface area contributed by atoms with Crippen LogP contribution in [0.25, 0.3) is 0 Å². The average molecular weight is 451 g/mol. The van der Waals surface area contributed by atoms with Crippen LogP contribution in [0.4, 0.5) is 27.8 Å². The van der Waals surface area contributed by atoms with Crippen molar-refractivity contribution in [2.45, 2.75) is 6.92 Å². The molecule has 2 heterocycles. The van der Waals surface area contributed by atoms with Crippen molar-refractivity contribution < 1.29 is 14.5 Å². The average Bonchev–Trinajstić information content (AvgIpc) is 2.69. The van der Waals surface area contributed by atoms with Crippen molar-refractivity contribution in [1.82, 2.24) is 14.9 Å². The van der Waals surface area contributed by atoms with Crippen LogP contribution in [-0.2, 0) is 4.74 Å². The van der Waals surface area contributed by atoms with Gasteiger partial charge in [-0.3, -0.25) is 10.1 Å². The van der Waals surface area contributed by atoms with Gasteiger partial charge in [-0.1, -0.05) is 15.9 Å². The van der Waals surface area contributed by atoms with Crippen molar-refractivity contribution in [2.24, 2.45) is 0 Å². The number of benzene rings is 1. The second-order valence-electron chi connectivity index (χ2n) is 5.96. The zero-order valence-electron chi connectivity index (χ0n) is 15.2. The molecule has 0 spiro atoms. The molecule has 1 amide bonds. The van der Waals surface area contributed by atoms with Crippen molar-refractivity contribution in [3.05, 3.63) is 45.2 Å². The number of rotatable bonds is 5. The fourth-order valence-corrected chi connectivity index (χ4v) is 3.11. The van der Waals surface area contributed by atoms with Crippen LogP contribution in [-0.4, -0.2) is 58.7 Å². The van der Waals surface area contributed by atoms with Crippen molar-refractivity contribution >= 4 is 45.0 Å². The smallest absolute Gasteiger partial charge is 0.409 e. The van der Waals surface area contributed by atoms with Crippen LogP contribution in [0.15, 0.2) is 35.1 Å². The van der Waals surface area contributed by atoms with Crippen molar-refractivity contribution in [1.29, 1.82) is 0 Å². The van der Waals surface area contributed by atoms with Gasteiger partial charge in [-0.15, -0.1) is 0 Å². The Morgan fingerprint density at radius 1 is 1.25 bits per heavy atom. The minimum Gasteiger partial charge on any atom is -0.450 e. The molecule has 10 nitrogen and oxygen atoms in total. The summed E-state index contributed by atoms with van der Waals surface area (Å²) in [5.41, 5.74) is 0.470. The van der Waals surface area contributed by atoms with Gasteiger partial charge in [-0.2, -0.15) is 0 Å². The standard InChI is InChI=1S/C17H19BrN6O4/c1-2-28-17(25)23-9-7-22(8-10-23)16-14(24(26)27)15(19-11-20-16)21-13-5-3-12(18)4-6-13/h3-6,11H,2,7-10H2,1H3,(H,19,20,21). The van der Waals surface area contributed by atoms with E-state index in [0.29, 0.717) is 38.5 Å². The van der Waals surface area contributed by atoms with Crippen LogP contribution in [0.2, 0.25) is 0 Å². The summed E-state index contributed by atoms with van der Waals surface area (Å²) in [7, 11) is 0. The van der Waals surface area contributed by atoms with E-state index in [1.165, 1.54) is 6.33 Å². The van der Waals surface area contributed by atoms with E-state index in [4.69, 9.17) is 4.74 Å². The first-order valence-corrected chi connectivity index (χ1v) is 9.47. The van der Waals surface area contributed by atoms with Gasteiger partial charge < -0.3 is 19.9 Å². The Morgan fingerprint density at radius 2 is 1.93 bits per heavy atom. The molecule has 0 unspecified atom stereocenters. The topological polar surface area (TPSA) is 114 Å². The largest absolute Gasteiger partial charge is 0.450 e. The van der Waals surface area contributed by atoms with E-state index in [1.54, 1.807) is 28.9 Å². The van der Waals surface area contributed by atoms with Gasteiger partial charge in [0.15, 0.2) is 0 Å². The van der Waals surface area contributed by atoms with Crippen LogP contribution in [0.3, 0.4) is 0 Å².